The van der Waals surface area contributed by atoms with Crippen LogP contribution >= 0.6 is 0 Å². The van der Waals surface area contributed by atoms with E-state index in [1.165, 1.54) is 6.21 Å². The highest BCUT2D eigenvalue weighted by Gasteiger charge is 2.27. The van der Waals surface area contributed by atoms with E-state index in [1.54, 1.807) is 4.90 Å². The summed E-state index contributed by atoms with van der Waals surface area (Å²) in [6, 6.07) is 9.65. The van der Waals surface area contributed by atoms with Gasteiger partial charge in [-0.25, -0.2) is 0 Å². The fourth-order valence-corrected chi connectivity index (χ4v) is 2.21. The van der Waals surface area contributed by atoms with E-state index in [0.29, 0.717) is 6.42 Å². The Morgan fingerprint density at radius 1 is 1.47 bits per heavy atom. The zero-order chi connectivity index (χ0) is 12.1. The molecule has 0 aliphatic carbocycles. The summed E-state index contributed by atoms with van der Waals surface area (Å²) in [5.41, 5.74) is 1.02. The molecule has 2 rings (SSSR count). The van der Waals surface area contributed by atoms with Crippen molar-refractivity contribution in [2.24, 2.45) is 5.16 Å². The summed E-state index contributed by atoms with van der Waals surface area (Å²) in [6.45, 7) is 0.752. The number of hydrogen-bond acceptors (Lipinski definition) is 3. The maximum atomic E-state index is 12.1. The van der Waals surface area contributed by atoms with Gasteiger partial charge in [0, 0.05) is 6.54 Å². The Kier molecular flexibility index (Phi) is 3.75. The lowest BCUT2D eigenvalue weighted by Crippen LogP contribution is -2.37. The van der Waals surface area contributed by atoms with Gasteiger partial charge < -0.3 is 10.1 Å². The maximum absolute atomic E-state index is 12.1. The number of amides is 1. The molecule has 1 heterocycles. The van der Waals surface area contributed by atoms with E-state index in [4.69, 9.17) is 5.21 Å². The zero-order valence-corrected chi connectivity index (χ0v) is 9.62. The van der Waals surface area contributed by atoms with E-state index in [1.807, 2.05) is 30.3 Å². The number of benzene rings is 1. The Balaban J connectivity index is 2.00. The average molecular weight is 232 g/mol. The van der Waals surface area contributed by atoms with Crippen LogP contribution in [0, 0.1) is 0 Å². The van der Waals surface area contributed by atoms with Crippen molar-refractivity contribution >= 4 is 12.1 Å². The van der Waals surface area contributed by atoms with Crippen LogP contribution in [0.2, 0.25) is 0 Å². The molecule has 0 saturated carbocycles. The predicted molar refractivity (Wildman–Crippen MR) is 65.2 cm³/mol. The molecular formula is C13H16N2O2. The van der Waals surface area contributed by atoms with Crippen LogP contribution in [0.3, 0.4) is 0 Å². The molecule has 0 aromatic heterocycles. The van der Waals surface area contributed by atoms with Gasteiger partial charge >= 0.3 is 0 Å². The first-order chi connectivity index (χ1) is 8.31. The number of oxime groups is 1. The zero-order valence-electron chi connectivity index (χ0n) is 9.62. The molecule has 1 aromatic carbocycles. The Hall–Kier alpha value is -1.84. The minimum atomic E-state index is -0.0452. The van der Waals surface area contributed by atoms with Crippen molar-refractivity contribution < 1.29 is 10.0 Å². The molecule has 1 fully saturated rings. The average Bonchev–Trinajstić information content (AvgIpc) is 2.79. The van der Waals surface area contributed by atoms with E-state index < -0.39 is 0 Å². The van der Waals surface area contributed by atoms with Crippen molar-refractivity contribution in [3.63, 3.8) is 0 Å². The summed E-state index contributed by atoms with van der Waals surface area (Å²) in [6.07, 6.45) is 3.70. The summed E-state index contributed by atoms with van der Waals surface area (Å²) in [5.74, 6) is 0.0959. The van der Waals surface area contributed by atoms with Crippen LogP contribution < -0.4 is 0 Å². The third kappa shape index (κ3) is 2.84. The first-order valence-electron chi connectivity index (χ1n) is 5.82. The highest BCUT2D eigenvalue weighted by molar-refractivity contribution is 5.83. The molecule has 1 N–H and O–H groups in total. The summed E-state index contributed by atoms with van der Waals surface area (Å²) < 4.78 is 0. The normalized spacial score (nSPS) is 20.0. The van der Waals surface area contributed by atoms with Gasteiger partial charge in [0.25, 0.3) is 0 Å². The number of carbonyl (C=O) groups is 1. The third-order valence-electron chi connectivity index (χ3n) is 3.06. The largest absolute Gasteiger partial charge is 0.411 e. The molecule has 1 saturated heterocycles. The summed E-state index contributed by atoms with van der Waals surface area (Å²) in [4.78, 5) is 13.9. The smallest absolute Gasteiger partial charge is 0.227 e. The number of carbonyl (C=O) groups excluding carboxylic acids is 1. The van der Waals surface area contributed by atoms with E-state index in [0.717, 1.165) is 24.9 Å². The first kappa shape index (κ1) is 11.6. The van der Waals surface area contributed by atoms with Crippen molar-refractivity contribution in [2.45, 2.75) is 25.3 Å². The number of rotatable bonds is 3. The molecule has 0 radical (unpaired) electrons. The molecule has 1 aromatic rings. The summed E-state index contributed by atoms with van der Waals surface area (Å²) >= 11 is 0. The molecule has 1 aliphatic heterocycles. The maximum Gasteiger partial charge on any atom is 0.227 e. The van der Waals surface area contributed by atoms with Gasteiger partial charge in [-0.2, -0.15) is 0 Å². The van der Waals surface area contributed by atoms with Gasteiger partial charge in [0.2, 0.25) is 5.91 Å². The Labute approximate surface area is 101 Å². The van der Waals surface area contributed by atoms with Crippen LogP contribution in [0.4, 0.5) is 0 Å². The van der Waals surface area contributed by atoms with Crippen LogP contribution in [0.5, 0.6) is 0 Å². The second-order valence-electron chi connectivity index (χ2n) is 4.22. The Morgan fingerprint density at radius 2 is 2.24 bits per heavy atom. The van der Waals surface area contributed by atoms with Crippen LogP contribution in [0.15, 0.2) is 35.5 Å². The molecule has 17 heavy (non-hydrogen) atoms. The molecule has 0 bridgehead atoms. The first-order valence-corrected chi connectivity index (χ1v) is 5.82. The second kappa shape index (κ2) is 5.48. The van der Waals surface area contributed by atoms with E-state index in [-0.39, 0.29) is 11.9 Å². The fraction of sp³-hybridized carbons (Fsp3) is 0.385. The van der Waals surface area contributed by atoms with Gasteiger partial charge in [-0.1, -0.05) is 35.5 Å². The number of nitrogens with zero attached hydrogens (tertiary/aromatic N) is 2. The molecule has 1 aliphatic rings. The molecule has 1 amide bonds. The van der Waals surface area contributed by atoms with Crippen molar-refractivity contribution in [3.05, 3.63) is 35.9 Å². The van der Waals surface area contributed by atoms with E-state index in [9.17, 15) is 4.79 Å². The predicted octanol–water partition coefficient (Wildman–Crippen LogP) is 1.68. The number of hydrogen-bond donors (Lipinski definition) is 1. The van der Waals surface area contributed by atoms with Crippen LogP contribution in [0.1, 0.15) is 18.4 Å². The van der Waals surface area contributed by atoms with Gasteiger partial charge in [0.05, 0.1) is 18.7 Å². The lowest BCUT2D eigenvalue weighted by atomic mass is 10.1. The van der Waals surface area contributed by atoms with Crippen molar-refractivity contribution in [3.8, 4) is 0 Å². The number of likely N-dealkylation sites (tertiary alicyclic amines) is 1. The standard InChI is InChI=1S/C13H16N2O2/c16-13(9-11-5-2-1-3-6-11)15-8-4-7-12(15)10-14-17/h1-3,5-6,10,12,17H,4,7-9H2. The van der Waals surface area contributed by atoms with E-state index in [2.05, 4.69) is 5.16 Å². The topological polar surface area (TPSA) is 52.9 Å². The molecule has 1 atom stereocenters. The summed E-state index contributed by atoms with van der Waals surface area (Å²) in [5, 5.41) is 11.6. The molecular weight excluding hydrogens is 216 g/mol. The fourth-order valence-electron chi connectivity index (χ4n) is 2.21. The minimum Gasteiger partial charge on any atom is -0.411 e. The van der Waals surface area contributed by atoms with Crippen molar-refractivity contribution in [1.82, 2.24) is 4.90 Å². The molecule has 4 nitrogen and oxygen atoms in total. The second-order valence-corrected chi connectivity index (χ2v) is 4.22. The van der Waals surface area contributed by atoms with Crippen molar-refractivity contribution in [1.29, 1.82) is 0 Å². The van der Waals surface area contributed by atoms with Crippen molar-refractivity contribution in [2.75, 3.05) is 6.54 Å². The Morgan fingerprint density at radius 3 is 2.94 bits per heavy atom. The summed E-state index contributed by atoms with van der Waals surface area (Å²) in [7, 11) is 0. The lowest BCUT2D eigenvalue weighted by molar-refractivity contribution is -0.130. The van der Waals surface area contributed by atoms with Gasteiger partial charge in [-0.05, 0) is 18.4 Å². The molecule has 0 spiro atoms. The lowest BCUT2D eigenvalue weighted by Gasteiger charge is -2.21. The van der Waals surface area contributed by atoms with Crippen LogP contribution in [-0.2, 0) is 11.2 Å². The van der Waals surface area contributed by atoms with E-state index >= 15 is 0 Å². The SMILES string of the molecule is O=C(Cc1ccccc1)N1CCCC1C=NO. The van der Waals surface area contributed by atoms with Crippen LogP contribution in [0.25, 0.3) is 0 Å². The third-order valence-corrected chi connectivity index (χ3v) is 3.06. The minimum absolute atomic E-state index is 0.0452. The molecule has 1 unspecified atom stereocenters. The highest BCUT2D eigenvalue weighted by Crippen LogP contribution is 2.17. The Bertz CT molecular complexity index is 403. The van der Waals surface area contributed by atoms with Gasteiger partial charge in [0.1, 0.15) is 0 Å². The quantitative estimate of drug-likeness (QED) is 0.489. The van der Waals surface area contributed by atoms with Crippen LogP contribution in [-0.4, -0.2) is 34.8 Å². The molecule has 4 heteroatoms. The van der Waals surface area contributed by atoms with Gasteiger partial charge in [-0.3, -0.25) is 4.79 Å². The highest BCUT2D eigenvalue weighted by atomic mass is 16.4. The van der Waals surface area contributed by atoms with Gasteiger partial charge in [0.15, 0.2) is 0 Å². The van der Waals surface area contributed by atoms with Gasteiger partial charge in [-0.15, -0.1) is 0 Å². The monoisotopic (exact) mass is 232 g/mol. The molecule has 90 valence electrons.